The summed E-state index contributed by atoms with van der Waals surface area (Å²) < 4.78 is 163. The van der Waals surface area contributed by atoms with E-state index in [1.165, 1.54) is 36.9 Å². The minimum atomic E-state index is -3.90. The Morgan fingerprint density at radius 2 is 1.08 bits per heavy atom. The molecule has 0 aliphatic rings. The van der Waals surface area contributed by atoms with E-state index in [4.69, 9.17) is 10.0 Å². The van der Waals surface area contributed by atoms with Crippen LogP contribution in [0.5, 0.6) is 0 Å². The summed E-state index contributed by atoms with van der Waals surface area (Å²) in [6, 6.07) is 11.9. The molecule has 0 bridgehead atoms. The van der Waals surface area contributed by atoms with Crippen molar-refractivity contribution in [1.29, 1.82) is 0 Å². The van der Waals surface area contributed by atoms with Gasteiger partial charge in [-0.2, -0.15) is 0 Å². The molecule has 0 atom stereocenters. The monoisotopic (exact) mass is 1110 g/mol. The lowest BCUT2D eigenvalue weighted by Crippen LogP contribution is -2.32. The average Bonchev–Trinajstić information content (AvgIpc) is 3.93. The Labute approximate surface area is 418 Å². The van der Waals surface area contributed by atoms with Crippen molar-refractivity contribution in [2.75, 3.05) is 20.9 Å². The number of carbonyl (C=O) groups is 2. The first-order valence-corrected chi connectivity index (χ1v) is 25.0. The van der Waals surface area contributed by atoms with E-state index in [9.17, 15) is 57.2 Å². The van der Waals surface area contributed by atoms with Crippen LogP contribution in [0.2, 0.25) is 0 Å². The molecule has 0 spiro atoms. The lowest BCUT2D eigenvalue weighted by Gasteiger charge is -2.11. The van der Waals surface area contributed by atoms with Gasteiger partial charge in [-0.25, -0.2) is 61.9 Å². The molecule has 0 aliphatic heterocycles. The van der Waals surface area contributed by atoms with Crippen LogP contribution < -0.4 is 14.9 Å². The van der Waals surface area contributed by atoms with Gasteiger partial charge in [-0.3, -0.25) is 19.0 Å². The molecule has 6 N–H and O–H groups in total. The summed E-state index contributed by atoms with van der Waals surface area (Å²) in [5, 5.41) is 17.5. The average molecular weight is 1120 g/mol. The number of aromatic nitrogens is 4. The minimum Gasteiger partial charge on any atom is -0.423 e. The summed E-state index contributed by atoms with van der Waals surface area (Å²) in [5.41, 5.74) is -2.53. The zero-order chi connectivity index (χ0) is 52.8. The predicted octanol–water partition coefficient (Wildman–Crippen LogP) is 9.78. The SMILES string of the molecule is CCCS(=O)(=O)Nc1ccc(F)c(C(=O)c2c[nH]c3ncc(-c4ccc(F)cc4F)cc23)c1F.CCCS(=O)(=O)Nc1ccc(F)c(C(=O)c2c[nH]c3ncc(Br)cc23)c1F.OB(O)c1ccc(F)cc1F.[HH].[HH].[HH].[HH]. The number of halogens is 9. The molecule has 14 nitrogen and oxygen atoms in total. The number of carbonyl (C=O) groups excluding carboxylic acids is 2. The molecule has 4 aromatic carbocycles. The number of ketones is 2. The van der Waals surface area contributed by atoms with E-state index in [-0.39, 0.29) is 62.4 Å². The number of H-pyrrole nitrogens is 2. The minimum absolute atomic E-state index is 0. The van der Waals surface area contributed by atoms with E-state index in [0.29, 0.717) is 34.1 Å². The van der Waals surface area contributed by atoms with Gasteiger partial charge in [0.15, 0.2) is 11.6 Å². The fraction of sp³-hybridized carbons (Fsp3) is 0.130. The van der Waals surface area contributed by atoms with Gasteiger partial charge < -0.3 is 20.0 Å². The molecule has 0 aliphatic carbocycles. The Morgan fingerprint density at radius 1 is 0.625 bits per heavy atom. The second kappa shape index (κ2) is 22.6. The molecule has 4 aromatic heterocycles. The number of fused-ring (bicyclic) bond motifs is 2. The highest BCUT2D eigenvalue weighted by molar-refractivity contribution is 9.10. The third-order valence-corrected chi connectivity index (χ3v) is 13.5. The molecule has 0 saturated heterocycles. The number of nitrogens with zero attached hydrogens (tertiary/aromatic N) is 2. The Bertz CT molecular complexity index is 3630. The summed E-state index contributed by atoms with van der Waals surface area (Å²) in [6.45, 7) is 3.27. The number of anilines is 2. The highest BCUT2D eigenvalue weighted by Crippen LogP contribution is 2.32. The number of aromatic amines is 2. The van der Waals surface area contributed by atoms with Gasteiger partial charge in [0.1, 0.15) is 46.2 Å². The van der Waals surface area contributed by atoms with Gasteiger partial charge >= 0.3 is 7.12 Å². The van der Waals surface area contributed by atoms with Crippen LogP contribution in [0, 0.1) is 46.5 Å². The van der Waals surface area contributed by atoms with Gasteiger partial charge in [0.2, 0.25) is 31.6 Å². The van der Waals surface area contributed by atoms with Crippen molar-refractivity contribution in [3.63, 3.8) is 0 Å². The lowest BCUT2D eigenvalue weighted by molar-refractivity contribution is 0.102. The number of pyridine rings is 2. The Kier molecular flexibility index (Phi) is 17.1. The molecule has 72 heavy (non-hydrogen) atoms. The van der Waals surface area contributed by atoms with Gasteiger partial charge in [0.25, 0.3) is 0 Å². The quantitative estimate of drug-likeness (QED) is 0.0343. The summed E-state index contributed by atoms with van der Waals surface area (Å²) in [4.78, 5) is 39.6. The van der Waals surface area contributed by atoms with Crippen LogP contribution >= 0.6 is 15.9 Å². The van der Waals surface area contributed by atoms with Gasteiger partial charge in [-0.15, -0.1) is 0 Å². The van der Waals surface area contributed by atoms with Crippen molar-refractivity contribution < 1.29 is 77.3 Å². The van der Waals surface area contributed by atoms with E-state index >= 15 is 4.39 Å². The van der Waals surface area contributed by atoms with Crippen LogP contribution in [-0.4, -0.2) is 77.0 Å². The lowest BCUT2D eigenvalue weighted by atomic mass is 9.80. The Morgan fingerprint density at radius 3 is 1.54 bits per heavy atom. The number of hydrogen-bond donors (Lipinski definition) is 6. The molecule has 26 heteroatoms. The largest absolute Gasteiger partial charge is 0.491 e. The standard InChI is InChI=1S/C23H17F4N3O3S.C17H14BrF2N3O3S.C6H5BF2O2.4H2/c1-2-7-34(32,33)30-19-6-5-17(25)20(21(19)27)22(31)16-11-29-23-15(16)8-12(10-28-23)14-4-3-13(24)9-18(14)26;1-2-5-27(25,26)23-13-4-3-12(19)14(15(13)20)16(24)11-8-22-17-10(11)6-9(18)7-21-17;8-4-1-2-5(7(10)11)6(9)3-4;;;;/h3-6,8-11,30H,2,7H2,1H3,(H,28,29);3-4,6-8,23H,2,5H2,1H3,(H,21,22);1-3,10-11H;4*1H. The summed E-state index contributed by atoms with van der Waals surface area (Å²) >= 11 is 3.23. The zero-order valence-corrected chi connectivity index (χ0v) is 40.3. The molecule has 384 valence electrons. The maximum Gasteiger partial charge on any atom is 0.491 e. The number of benzene rings is 4. The third-order valence-electron chi connectivity index (χ3n) is 10.1. The van der Waals surface area contributed by atoms with Crippen LogP contribution in [0.15, 0.2) is 102 Å². The first-order chi connectivity index (χ1) is 33.9. The fourth-order valence-electron chi connectivity index (χ4n) is 6.86. The first kappa shape index (κ1) is 54.3. The van der Waals surface area contributed by atoms with Crippen LogP contribution in [-0.2, 0) is 20.0 Å². The van der Waals surface area contributed by atoms with Crippen molar-refractivity contribution in [2.45, 2.75) is 26.7 Å². The first-order valence-electron chi connectivity index (χ1n) is 20.9. The highest BCUT2D eigenvalue weighted by Gasteiger charge is 2.28. The smallest absolute Gasteiger partial charge is 0.423 e. The predicted molar refractivity (Wildman–Crippen MR) is 265 cm³/mol. The second-order valence-electron chi connectivity index (χ2n) is 15.3. The summed E-state index contributed by atoms with van der Waals surface area (Å²) in [7, 11) is -9.59. The number of nitrogens with one attached hydrogen (secondary N) is 4. The molecule has 0 amide bonds. The maximum atomic E-state index is 15.1. The van der Waals surface area contributed by atoms with Crippen LogP contribution in [0.3, 0.4) is 0 Å². The molecule has 0 saturated carbocycles. The Hall–Kier alpha value is -7.00. The molecule has 8 aromatic rings. The normalized spacial score (nSPS) is 11.4. The van der Waals surface area contributed by atoms with E-state index in [1.807, 2.05) is 4.72 Å². The molecule has 8 rings (SSSR count). The van der Waals surface area contributed by atoms with Crippen molar-refractivity contribution >= 4 is 93.6 Å². The topological polar surface area (TPSA) is 224 Å². The van der Waals surface area contributed by atoms with Gasteiger partial charge in [0.05, 0.1) is 34.0 Å². The molecule has 4 heterocycles. The van der Waals surface area contributed by atoms with Gasteiger partial charge in [-0.1, -0.05) is 19.9 Å². The van der Waals surface area contributed by atoms with Crippen molar-refractivity contribution in [3.8, 4) is 11.1 Å². The summed E-state index contributed by atoms with van der Waals surface area (Å²) in [5.74, 6) is -10.8. The molecular weight excluding hydrogens is 1070 g/mol. The van der Waals surface area contributed by atoms with Crippen molar-refractivity contribution in [1.82, 2.24) is 19.9 Å². The third kappa shape index (κ3) is 12.5. The highest BCUT2D eigenvalue weighted by atomic mass is 79.9. The van der Waals surface area contributed by atoms with E-state index in [1.54, 1.807) is 19.9 Å². The molecule has 0 fully saturated rings. The number of rotatable bonds is 14. The maximum absolute atomic E-state index is 15.1. The number of sulfonamides is 2. The van der Waals surface area contributed by atoms with Crippen molar-refractivity contribution in [2.24, 2.45) is 0 Å². The fourth-order valence-corrected chi connectivity index (χ4v) is 9.46. The molecule has 0 unspecified atom stereocenters. The van der Waals surface area contributed by atoms with Gasteiger partial charge in [-0.05, 0) is 83.4 Å². The van der Waals surface area contributed by atoms with Crippen LogP contribution in [0.1, 0.15) is 64.2 Å². The molecule has 0 radical (unpaired) electrons. The zero-order valence-electron chi connectivity index (χ0n) is 37.1. The van der Waals surface area contributed by atoms with Gasteiger partial charge in [0, 0.05) is 85.6 Å². The van der Waals surface area contributed by atoms with E-state index < -0.39 is 108 Å². The van der Waals surface area contributed by atoms with E-state index in [0.717, 1.165) is 42.5 Å². The molecular formula is C46H44BBrF8N6O8S2. The van der Waals surface area contributed by atoms with E-state index in [2.05, 4.69) is 40.6 Å². The van der Waals surface area contributed by atoms with Crippen LogP contribution in [0.4, 0.5) is 46.5 Å². The van der Waals surface area contributed by atoms with Crippen LogP contribution in [0.25, 0.3) is 33.2 Å². The summed E-state index contributed by atoms with van der Waals surface area (Å²) in [6.07, 6.45) is 5.90. The number of hydrogen-bond acceptors (Lipinski definition) is 10. The van der Waals surface area contributed by atoms with Crippen molar-refractivity contribution in [3.05, 3.63) is 171 Å². The second-order valence-corrected chi connectivity index (χ2v) is 19.9. The Balaban J connectivity index is 0.000000421.